The van der Waals surface area contributed by atoms with Crippen LogP contribution in [0.4, 0.5) is 0 Å². The lowest BCUT2D eigenvalue weighted by atomic mass is 9.84. The molecule has 0 aliphatic heterocycles. The first-order valence-electron chi connectivity index (χ1n) is 6.00. The largest absolute Gasteiger partial charge is 0.330 e. The first kappa shape index (κ1) is 13.9. The zero-order chi connectivity index (χ0) is 11.0. The second-order valence-electron chi connectivity index (χ2n) is 4.53. The minimum Gasteiger partial charge on any atom is -0.330 e. The van der Waals surface area contributed by atoms with Crippen molar-refractivity contribution in [3.05, 3.63) is 0 Å². The van der Waals surface area contributed by atoms with Gasteiger partial charge in [-0.2, -0.15) is 0 Å². The van der Waals surface area contributed by atoms with Crippen molar-refractivity contribution in [2.45, 2.75) is 39.5 Å². The Morgan fingerprint density at radius 1 is 1.07 bits per heavy atom. The highest BCUT2D eigenvalue weighted by Gasteiger charge is 2.18. The Morgan fingerprint density at radius 2 is 1.64 bits per heavy atom. The van der Waals surface area contributed by atoms with Gasteiger partial charge in [-0.3, -0.25) is 0 Å². The summed E-state index contributed by atoms with van der Waals surface area (Å²) in [5, 5.41) is 0. The maximum absolute atomic E-state index is 5.56. The molecule has 0 aliphatic rings. The average molecular weight is 200 g/mol. The van der Waals surface area contributed by atoms with Gasteiger partial charge in [0, 0.05) is 6.54 Å². The van der Waals surface area contributed by atoms with Crippen molar-refractivity contribution in [2.75, 3.05) is 27.2 Å². The van der Waals surface area contributed by atoms with Crippen LogP contribution in [0.2, 0.25) is 0 Å². The lowest BCUT2D eigenvalue weighted by Gasteiger charge is -2.27. The maximum atomic E-state index is 5.56. The Hall–Kier alpha value is -0.0800. The fourth-order valence-electron chi connectivity index (χ4n) is 2.23. The van der Waals surface area contributed by atoms with Gasteiger partial charge in [0.25, 0.3) is 0 Å². The molecule has 2 atom stereocenters. The summed E-state index contributed by atoms with van der Waals surface area (Å²) < 4.78 is 0. The molecule has 0 amide bonds. The van der Waals surface area contributed by atoms with Crippen molar-refractivity contribution in [3.8, 4) is 0 Å². The van der Waals surface area contributed by atoms with E-state index < -0.39 is 0 Å². The molecule has 0 saturated carbocycles. The highest BCUT2D eigenvalue weighted by atomic mass is 15.1. The molecule has 0 aromatic rings. The van der Waals surface area contributed by atoms with Crippen LogP contribution in [0.3, 0.4) is 0 Å². The lowest BCUT2D eigenvalue weighted by Crippen LogP contribution is -2.27. The van der Waals surface area contributed by atoms with Crippen molar-refractivity contribution in [1.82, 2.24) is 4.90 Å². The van der Waals surface area contributed by atoms with E-state index >= 15 is 0 Å². The van der Waals surface area contributed by atoms with Crippen LogP contribution in [-0.2, 0) is 0 Å². The van der Waals surface area contributed by atoms with Crippen LogP contribution in [0.5, 0.6) is 0 Å². The van der Waals surface area contributed by atoms with Crippen molar-refractivity contribution in [1.29, 1.82) is 0 Å². The minimum atomic E-state index is 0.842. The van der Waals surface area contributed by atoms with Gasteiger partial charge in [-0.1, -0.05) is 26.7 Å². The van der Waals surface area contributed by atoms with E-state index in [1.165, 1.54) is 32.2 Å². The number of hydrogen-bond donors (Lipinski definition) is 1. The minimum absolute atomic E-state index is 0.842. The summed E-state index contributed by atoms with van der Waals surface area (Å²) in [5.74, 6) is 1.72. The van der Waals surface area contributed by atoms with Gasteiger partial charge in [0.1, 0.15) is 0 Å². The molecule has 0 fully saturated rings. The summed E-state index contributed by atoms with van der Waals surface area (Å²) in [4.78, 5) is 2.30. The van der Waals surface area contributed by atoms with Crippen LogP contribution in [0.1, 0.15) is 39.5 Å². The normalized spacial score (nSPS) is 15.9. The second kappa shape index (κ2) is 8.25. The molecule has 0 aliphatic carbocycles. The monoisotopic (exact) mass is 200 g/mol. The highest BCUT2D eigenvalue weighted by molar-refractivity contribution is 4.70. The van der Waals surface area contributed by atoms with Gasteiger partial charge in [-0.15, -0.1) is 0 Å². The van der Waals surface area contributed by atoms with E-state index in [0.29, 0.717) is 0 Å². The predicted octanol–water partition coefficient (Wildman–Crippen LogP) is 2.34. The van der Waals surface area contributed by atoms with E-state index in [4.69, 9.17) is 5.73 Å². The SMILES string of the molecule is CCC(CCCN)C(CC)CN(C)C. The average Bonchev–Trinajstić information content (AvgIpc) is 2.16. The molecule has 2 nitrogen and oxygen atoms in total. The number of nitrogens with two attached hydrogens (primary N) is 1. The number of nitrogens with zero attached hydrogens (tertiary/aromatic N) is 1. The molecule has 2 heteroatoms. The molecule has 0 aromatic carbocycles. The van der Waals surface area contributed by atoms with E-state index in [2.05, 4.69) is 32.8 Å². The third-order valence-corrected chi connectivity index (χ3v) is 3.09. The fraction of sp³-hybridized carbons (Fsp3) is 1.00. The molecule has 0 aromatic heterocycles. The Labute approximate surface area is 89.9 Å². The van der Waals surface area contributed by atoms with Crippen molar-refractivity contribution in [2.24, 2.45) is 17.6 Å². The summed E-state index contributed by atoms with van der Waals surface area (Å²) in [6.45, 7) is 6.67. The summed E-state index contributed by atoms with van der Waals surface area (Å²) in [7, 11) is 4.33. The molecule has 14 heavy (non-hydrogen) atoms. The van der Waals surface area contributed by atoms with E-state index in [1.807, 2.05) is 0 Å². The van der Waals surface area contributed by atoms with Crippen LogP contribution >= 0.6 is 0 Å². The van der Waals surface area contributed by atoms with Crippen LogP contribution in [-0.4, -0.2) is 32.1 Å². The van der Waals surface area contributed by atoms with E-state index in [0.717, 1.165) is 18.4 Å². The van der Waals surface area contributed by atoms with E-state index in [9.17, 15) is 0 Å². The third-order valence-electron chi connectivity index (χ3n) is 3.09. The van der Waals surface area contributed by atoms with Gasteiger partial charge in [-0.05, 0) is 45.3 Å². The van der Waals surface area contributed by atoms with Crippen LogP contribution in [0, 0.1) is 11.8 Å². The molecule has 0 spiro atoms. The quantitative estimate of drug-likeness (QED) is 0.651. The summed E-state index contributed by atoms with van der Waals surface area (Å²) in [6.07, 6.45) is 5.08. The fourth-order valence-corrected chi connectivity index (χ4v) is 2.23. The Morgan fingerprint density at radius 3 is 2.00 bits per heavy atom. The molecule has 0 bridgehead atoms. The molecular formula is C12H28N2. The van der Waals surface area contributed by atoms with Gasteiger partial charge < -0.3 is 10.6 Å². The smallest absolute Gasteiger partial charge is 0.000610 e. The summed E-state index contributed by atoms with van der Waals surface area (Å²) in [5.41, 5.74) is 5.56. The van der Waals surface area contributed by atoms with Gasteiger partial charge in [0.05, 0.1) is 0 Å². The Kier molecular flexibility index (Phi) is 8.20. The highest BCUT2D eigenvalue weighted by Crippen LogP contribution is 2.24. The van der Waals surface area contributed by atoms with Crippen molar-refractivity contribution < 1.29 is 0 Å². The van der Waals surface area contributed by atoms with Crippen LogP contribution in [0.15, 0.2) is 0 Å². The molecule has 2 unspecified atom stereocenters. The molecule has 2 N–H and O–H groups in total. The topological polar surface area (TPSA) is 29.3 Å². The van der Waals surface area contributed by atoms with Crippen LogP contribution in [0.25, 0.3) is 0 Å². The zero-order valence-electron chi connectivity index (χ0n) is 10.4. The predicted molar refractivity (Wildman–Crippen MR) is 64.4 cm³/mol. The first-order chi connectivity index (χ1) is 6.65. The molecule has 86 valence electrons. The van der Waals surface area contributed by atoms with Crippen molar-refractivity contribution >= 4 is 0 Å². The van der Waals surface area contributed by atoms with E-state index in [1.54, 1.807) is 0 Å². The maximum Gasteiger partial charge on any atom is 0.000610 e. The summed E-state index contributed by atoms with van der Waals surface area (Å²) in [6, 6.07) is 0. The van der Waals surface area contributed by atoms with E-state index in [-0.39, 0.29) is 0 Å². The second-order valence-corrected chi connectivity index (χ2v) is 4.53. The van der Waals surface area contributed by atoms with Gasteiger partial charge in [0.15, 0.2) is 0 Å². The van der Waals surface area contributed by atoms with Gasteiger partial charge in [0.2, 0.25) is 0 Å². The number of rotatable bonds is 8. The molecule has 0 heterocycles. The number of hydrogen-bond acceptors (Lipinski definition) is 2. The zero-order valence-corrected chi connectivity index (χ0v) is 10.4. The standard InChI is InChI=1S/C12H28N2/c1-5-11(8-7-9-13)12(6-2)10-14(3)4/h11-12H,5-10,13H2,1-4H3. The third kappa shape index (κ3) is 5.61. The van der Waals surface area contributed by atoms with Gasteiger partial charge in [-0.25, -0.2) is 0 Å². The Balaban J connectivity index is 4.00. The molecule has 0 rings (SSSR count). The molecular weight excluding hydrogens is 172 g/mol. The lowest BCUT2D eigenvalue weighted by molar-refractivity contribution is 0.221. The first-order valence-corrected chi connectivity index (χ1v) is 6.00. The Bertz CT molecular complexity index is 123. The van der Waals surface area contributed by atoms with Gasteiger partial charge >= 0.3 is 0 Å². The van der Waals surface area contributed by atoms with Crippen LogP contribution < -0.4 is 5.73 Å². The van der Waals surface area contributed by atoms with Crippen molar-refractivity contribution in [3.63, 3.8) is 0 Å². The molecule has 0 radical (unpaired) electrons. The summed E-state index contributed by atoms with van der Waals surface area (Å²) >= 11 is 0. The molecule has 0 saturated heterocycles.